The molecule has 0 aromatic carbocycles. The van der Waals surface area contributed by atoms with Gasteiger partial charge in [-0.25, -0.2) is 8.42 Å². The van der Waals surface area contributed by atoms with Gasteiger partial charge in [-0.2, -0.15) is 9.57 Å². The van der Waals surface area contributed by atoms with E-state index in [2.05, 4.69) is 0 Å². The molecule has 18 heavy (non-hydrogen) atoms. The fourth-order valence-corrected chi connectivity index (χ4v) is 4.09. The van der Waals surface area contributed by atoms with E-state index in [-0.39, 0.29) is 15.5 Å². The maximum atomic E-state index is 12.1. The zero-order chi connectivity index (χ0) is 13.9. The largest absolute Gasteiger partial charge is 0.480 e. The summed E-state index contributed by atoms with van der Waals surface area (Å²) in [6.45, 7) is 1.60. The van der Waals surface area contributed by atoms with Crippen LogP contribution in [0, 0.1) is 11.3 Å². The Hall–Kier alpha value is -1.43. The highest BCUT2D eigenvalue weighted by Gasteiger charge is 2.32. The number of aliphatic carboxylic acids is 1. The summed E-state index contributed by atoms with van der Waals surface area (Å²) >= 11 is 0.824. The third kappa shape index (κ3) is 2.69. The zero-order valence-electron chi connectivity index (χ0n) is 9.82. The second kappa shape index (κ2) is 5.48. The second-order valence-electron chi connectivity index (χ2n) is 3.51. The van der Waals surface area contributed by atoms with Crippen LogP contribution in [0.2, 0.25) is 0 Å². The molecule has 0 spiro atoms. The maximum absolute atomic E-state index is 12.1. The van der Waals surface area contributed by atoms with E-state index in [1.165, 1.54) is 19.2 Å². The van der Waals surface area contributed by atoms with E-state index in [1.807, 2.05) is 6.07 Å². The minimum atomic E-state index is -3.86. The van der Waals surface area contributed by atoms with Gasteiger partial charge in [0.15, 0.2) is 0 Å². The molecule has 1 rings (SSSR count). The molecule has 0 aliphatic rings. The van der Waals surface area contributed by atoms with E-state index < -0.39 is 22.0 Å². The first kappa shape index (κ1) is 14.6. The summed E-state index contributed by atoms with van der Waals surface area (Å²) in [6, 6.07) is 3.44. The Kier molecular flexibility index (Phi) is 4.45. The normalized spacial score (nSPS) is 13.2. The van der Waals surface area contributed by atoms with Gasteiger partial charge in [-0.15, -0.1) is 11.3 Å². The zero-order valence-corrected chi connectivity index (χ0v) is 11.5. The van der Waals surface area contributed by atoms with Gasteiger partial charge in [0.1, 0.15) is 21.2 Å². The van der Waals surface area contributed by atoms with Crippen molar-refractivity contribution in [3.05, 3.63) is 17.0 Å². The predicted molar refractivity (Wildman–Crippen MR) is 65.7 cm³/mol. The lowest BCUT2D eigenvalue weighted by Crippen LogP contribution is -2.41. The number of thiophene rings is 1. The Morgan fingerprint density at radius 1 is 1.61 bits per heavy atom. The summed E-state index contributed by atoms with van der Waals surface area (Å²) in [7, 11) is -2.64. The molecule has 1 aromatic heterocycles. The Balaban J connectivity index is 3.14. The summed E-state index contributed by atoms with van der Waals surface area (Å²) < 4.78 is 25.1. The van der Waals surface area contributed by atoms with Crippen molar-refractivity contribution in [2.24, 2.45) is 0 Å². The fraction of sp³-hybridized carbons (Fsp3) is 0.400. The summed E-state index contributed by atoms with van der Waals surface area (Å²) in [5.74, 6) is -1.19. The van der Waals surface area contributed by atoms with E-state index >= 15 is 0 Å². The van der Waals surface area contributed by atoms with Crippen LogP contribution < -0.4 is 0 Å². The molecule has 1 atom stereocenters. The lowest BCUT2D eigenvalue weighted by atomic mass is 10.2. The fourth-order valence-electron chi connectivity index (χ4n) is 1.42. The molecule has 1 N–H and O–H groups in total. The van der Waals surface area contributed by atoms with Crippen molar-refractivity contribution < 1.29 is 18.3 Å². The molecule has 1 heterocycles. The second-order valence-corrected chi connectivity index (χ2v) is 6.82. The van der Waals surface area contributed by atoms with Crippen LogP contribution in [0.15, 0.2) is 16.3 Å². The Bertz CT molecular complexity index is 585. The van der Waals surface area contributed by atoms with Crippen LogP contribution in [0.1, 0.15) is 18.2 Å². The van der Waals surface area contributed by atoms with Gasteiger partial charge in [0.2, 0.25) is 0 Å². The smallest absolute Gasteiger partial charge is 0.321 e. The van der Waals surface area contributed by atoms with Crippen molar-refractivity contribution >= 4 is 27.3 Å². The number of sulfonamides is 1. The average molecular weight is 288 g/mol. The number of rotatable bonds is 5. The van der Waals surface area contributed by atoms with Crippen molar-refractivity contribution in [1.82, 2.24) is 4.31 Å². The molecule has 0 aliphatic carbocycles. The predicted octanol–water partition coefficient (Wildman–Crippen LogP) is 1.10. The number of hydrogen-bond donors (Lipinski definition) is 1. The molecule has 8 heteroatoms. The molecule has 0 aliphatic heterocycles. The van der Waals surface area contributed by atoms with E-state index in [9.17, 15) is 13.2 Å². The first-order valence-electron chi connectivity index (χ1n) is 5.05. The average Bonchev–Trinajstić information content (AvgIpc) is 2.78. The SMILES string of the molecule is CCC(C(=O)O)N(C)S(=O)(=O)c1ccc(C#N)s1. The van der Waals surface area contributed by atoms with Crippen LogP contribution in [0.5, 0.6) is 0 Å². The Morgan fingerprint density at radius 2 is 2.22 bits per heavy atom. The topological polar surface area (TPSA) is 98.5 Å². The number of hydrogen-bond acceptors (Lipinski definition) is 5. The quantitative estimate of drug-likeness (QED) is 0.874. The number of carbonyl (C=O) groups is 1. The van der Waals surface area contributed by atoms with Crippen LogP contribution in [0.3, 0.4) is 0 Å². The minimum absolute atomic E-state index is 0.0266. The third-order valence-corrected chi connectivity index (χ3v) is 5.76. The molecule has 6 nitrogen and oxygen atoms in total. The van der Waals surface area contributed by atoms with Crippen LogP contribution in [0.4, 0.5) is 0 Å². The molecule has 1 unspecified atom stereocenters. The van der Waals surface area contributed by atoms with E-state index in [0.29, 0.717) is 0 Å². The van der Waals surface area contributed by atoms with E-state index in [1.54, 1.807) is 6.92 Å². The molecule has 0 fully saturated rings. The highest BCUT2D eigenvalue weighted by atomic mass is 32.2. The maximum Gasteiger partial charge on any atom is 0.321 e. The number of likely N-dealkylation sites (N-methyl/N-ethyl adjacent to an activating group) is 1. The Morgan fingerprint density at radius 3 is 2.61 bits per heavy atom. The van der Waals surface area contributed by atoms with Crippen molar-refractivity contribution in [2.75, 3.05) is 7.05 Å². The molecule has 0 saturated heterocycles. The Labute approximate surface area is 109 Å². The first-order valence-corrected chi connectivity index (χ1v) is 7.31. The first-order chi connectivity index (χ1) is 8.34. The summed E-state index contributed by atoms with van der Waals surface area (Å²) in [5.41, 5.74) is 0. The number of nitrogens with zero attached hydrogens (tertiary/aromatic N) is 2. The highest BCUT2D eigenvalue weighted by Crippen LogP contribution is 2.25. The van der Waals surface area contributed by atoms with Crippen molar-refractivity contribution in [1.29, 1.82) is 5.26 Å². The molecule has 0 saturated carbocycles. The van der Waals surface area contributed by atoms with Crippen molar-refractivity contribution in [3.8, 4) is 6.07 Å². The number of carboxylic acids is 1. The molecule has 0 bridgehead atoms. The van der Waals surface area contributed by atoms with Crippen molar-refractivity contribution in [2.45, 2.75) is 23.6 Å². The van der Waals surface area contributed by atoms with Crippen LogP contribution in [-0.4, -0.2) is 36.9 Å². The van der Waals surface area contributed by atoms with E-state index in [4.69, 9.17) is 10.4 Å². The van der Waals surface area contributed by atoms with Gasteiger partial charge in [-0.1, -0.05) is 6.92 Å². The van der Waals surface area contributed by atoms with Gasteiger partial charge in [0.05, 0.1) is 0 Å². The molecular weight excluding hydrogens is 276 g/mol. The molecule has 98 valence electrons. The molecule has 0 radical (unpaired) electrons. The third-order valence-electron chi connectivity index (χ3n) is 2.44. The highest BCUT2D eigenvalue weighted by molar-refractivity contribution is 7.91. The molecule has 0 amide bonds. The molecule has 1 aromatic rings. The van der Waals surface area contributed by atoms with Gasteiger partial charge in [0, 0.05) is 7.05 Å². The lowest BCUT2D eigenvalue weighted by Gasteiger charge is -2.22. The van der Waals surface area contributed by atoms with Gasteiger partial charge < -0.3 is 5.11 Å². The van der Waals surface area contributed by atoms with Crippen LogP contribution in [-0.2, 0) is 14.8 Å². The van der Waals surface area contributed by atoms with Gasteiger partial charge in [-0.3, -0.25) is 4.79 Å². The summed E-state index contributed by atoms with van der Waals surface area (Å²) in [4.78, 5) is 11.2. The number of nitriles is 1. The number of carboxylic acid groups (broad SMARTS) is 1. The van der Waals surface area contributed by atoms with Gasteiger partial charge in [0.25, 0.3) is 10.0 Å². The standard InChI is InChI=1S/C10H12N2O4S2/c1-3-8(10(13)14)12(2)18(15,16)9-5-4-7(6-11)17-9/h4-5,8H,3H2,1-2H3,(H,13,14). The minimum Gasteiger partial charge on any atom is -0.480 e. The van der Waals surface area contributed by atoms with Gasteiger partial charge >= 0.3 is 5.97 Å². The lowest BCUT2D eigenvalue weighted by molar-refractivity contribution is -0.141. The molecular formula is C10H12N2O4S2. The van der Waals surface area contributed by atoms with Crippen LogP contribution in [0.25, 0.3) is 0 Å². The summed E-state index contributed by atoms with van der Waals surface area (Å²) in [5, 5.41) is 17.6. The van der Waals surface area contributed by atoms with Gasteiger partial charge in [-0.05, 0) is 18.6 Å². The van der Waals surface area contributed by atoms with Crippen molar-refractivity contribution in [3.63, 3.8) is 0 Å². The monoisotopic (exact) mass is 288 g/mol. The van der Waals surface area contributed by atoms with E-state index in [0.717, 1.165) is 15.6 Å². The summed E-state index contributed by atoms with van der Waals surface area (Å²) in [6.07, 6.45) is 0.168. The van der Waals surface area contributed by atoms with Crippen LogP contribution >= 0.6 is 11.3 Å².